The first kappa shape index (κ1) is 15.8. The molecule has 116 valence electrons. The summed E-state index contributed by atoms with van der Waals surface area (Å²) in [7, 11) is 0. The molecule has 2 aromatic carbocycles. The SMILES string of the molecule is Cc1ccc(SC(=O)NCc2cccs2)cc1-c1ccccc1. The number of carbonyl (C=O) groups excluding carboxylic acids is 1. The second-order valence-corrected chi connectivity index (χ2v) is 7.24. The Labute approximate surface area is 144 Å². The average molecular weight is 339 g/mol. The van der Waals surface area contributed by atoms with E-state index in [4.69, 9.17) is 0 Å². The van der Waals surface area contributed by atoms with Crippen LogP contribution in [0.4, 0.5) is 4.79 Å². The molecule has 0 saturated heterocycles. The molecule has 0 radical (unpaired) electrons. The Bertz CT molecular complexity index is 782. The van der Waals surface area contributed by atoms with E-state index in [2.05, 4.69) is 36.5 Å². The van der Waals surface area contributed by atoms with Crippen LogP contribution in [0.5, 0.6) is 0 Å². The third kappa shape index (κ3) is 4.24. The van der Waals surface area contributed by atoms with Crippen molar-refractivity contribution >= 4 is 28.3 Å². The van der Waals surface area contributed by atoms with E-state index in [1.165, 1.54) is 28.5 Å². The van der Waals surface area contributed by atoms with E-state index < -0.39 is 0 Å². The van der Waals surface area contributed by atoms with Gasteiger partial charge in [-0.15, -0.1) is 11.3 Å². The molecule has 0 atom stereocenters. The zero-order valence-electron chi connectivity index (χ0n) is 12.8. The third-order valence-corrected chi connectivity index (χ3v) is 5.19. The number of aryl methyl sites for hydroxylation is 1. The van der Waals surface area contributed by atoms with Gasteiger partial charge < -0.3 is 5.32 Å². The Morgan fingerprint density at radius 1 is 1.09 bits per heavy atom. The van der Waals surface area contributed by atoms with Crippen LogP contribution in [0.25, 0.3) is 11.1 Å². The van der Waals surface area contributed by atoms with Gasteiger partial charge in [0.2, 0.25) is 0 Å². The van der Waals surface area contributed by atoms with E-state index in [0.29, 0.717) is 6.54 Å². The van der Waals surface area contributed by atoms with E-state index in [1.807, 2.05) is 41.8 Å². The van der Waals surface area contributed by atoms with Gasteiger partial charge in [-0.3, -0.25) is 4.79 Å². The fraction of sp³-hybridized carbons (Fsp3) is 0.105. The molecule has 1 aromatic heterocycles. The van der Waals surface area contributed by atoms with E-state index in [-0.39, 0.29) is 5.24 Å². The van der Waals surface area contributed by atoms with Gasteiger partial charge in [-0.05, 0) is 59.0 Å². The minimum atomic E-state index is -0.0266. The maximum absolute atomic E-state index is 12.1. The van der Waals surface area contributed by atoms with Crippen LogP contribution in [0.3, 0.4) is 0 Å². The number of carbonyl (C=O) groups is 1. The molecule has 2 nitrogen and oxygen atoms in total. The molecule has 0 spiro atoms. The normalized spacial score (nSPS) is 10.5. The van der Waals surface area contributed by atoms with Crippen LogP contribution >= 0.6 is 23.1 Å². The van der Waals surface area contributed by atoms with Crippen molar-refractivity contribution < 1.29 is 4.79 Å². The quantitative estimate of drug-likeness (QED) is 0.615. The summed E-state index contributed by atoms with van der Waals surface area (Å²) in [6, 6.07) is 20.4. The molecule has 0 bridgehead atoms. The summed E-state index contributed by atoms with van der Waals surface area (Å²) in [5, 5.41) is 4.93. The summed E-state index contributed by atoms with van der Waals surface area (Å²) in [5.74, 6) is 0. The van der Waals surface area contributed by atoms with Crippen molar-refractivity contribution in [3.8, 4) is 11.1 Å². The lowest BCUT2D eigenvalue weighted by atomic mass is 10.0. The van der Waals surface area contributed by atoms with Crippen LogP contribution in [-0.2, 0) is 6.54 Å². The Morgan fingerprint density at radius 3 is 2.65 bits per heavy atom. The molecule has 3 aromatic rings. The van der Waals surface area contributed by atoms with Gasteiger partial charge >= 0.3 is 0 Å². The maximum atomic E-state index is 12.1. The highest BCUT2D eigenvalue weighted by molar-refractivity contribution is 8.13. The first-order valence-electron chi connectivity index (χ1n) is 7.36. The highest BCUT2D eigenvalue weighted by Gasteiger charge is 2.08. The predicted molar refractivity (Wildman–Crippen MR) is 99.0 cm³/mol. The van der Waals surface area contributed by atoms with Gasteiger partial charge in [0.1, 0.15) is 0 Å². The summed E-state index contributed by atoms with van der Waals surface area (Å²) >= 11 is 2.89. The lowest BCUT2D eigenvalue weighted by molar-refractivity contribution is 0.260. The first-order valence-corrected chi connectivity index (χ1v) is 9.06. The van der Waals surface area contributed by atoms with Crippen molar-refractivity contribution in [2.45, 2.75) is 18.4 Å². The smallest absolute Gasteiger partial charge is 0.284 e. The second kappa shape index (κ2) is 7.49. The summed E-state index contributed by atoms with van der Waals surface area (Å²) < 4.78 is 0. The molecule has 1 N–H and O–H groups in total. The van der Waals surface area contributed by atoms with Crippen LogP contribution in [0.2, 0.25) is 0 Å². The zero-order chi connectivity index (χ0) is 16.1. The fourth-order valence-electron chi connectivity index (χ4n) is 2.31. The molecule has 0 aliphatic heterocycles. The molecule has 1 heterocycles. The van der Waals surface area contributed by atoms with Gasteiger partial charge in [0, 0.05) is 9.77 Å². The highest BCUT2D eigenvalue weighted by Crippen LogP contribution is 2.29. The van der Waals surface area contributed by atoms with Crippen molar-refractivity contribution in [2.75, 3.05) is 0 Å². The Morgan fingerprint density at radius 2 is 1.91 bits per heavy atom. The van der Waals surface area contributed by atoms with Gasteiger partial charge in [-0.25, -0.2) is 0 Å². The standard InChI is InChI=1S/C19H17NOS2/c1-14-9-10-16(12-18(14)15-6-3-2-4-7-15)23-19(21)20-13-17-8-5-11-22-17/h2-12H,13H2,1H3,(H,20,21). The summed E-state index contributed by atoms with van der Waals surface area (Å²) in [5.41, 5.74) is 3.55. The molecular weight excluding hydrogens is 322 g/mol. The second-order valence-electron chi connectivity index (χ2n) is 5.17. The summed E-state index contributed by atoms with van der Waals surface area (Å²) in [6.45, 7) is 2.68. The monoisotopic (exact) mass is 339 g/mol. The largest absolute Gasteiger partial charge is 0.342 e. The number of rotatable bonds is 4. The Kier molecular flexibility index (Phi) is 5.16. The van der Waals surface area contributed by atoms with E-state index in [0.717, 1.165) is 9.77 Å². The molecular formula is C19H17NOS2. The highest BCUT2D eigenvalue weighted by atomic mass is 32.2. The minimum absolute atomic E-state index is 0.0266. The zero-order valence-corrected chi connectivity index (χ0v) is 14.4. The van der Waals surface area contributed by atoms with Crippen LogP contribution < -0.4 is 5.32 Å². The van der Waals surface area contributed by atoms with Crippen molar-refractivity contribution in [2.24, 2.45) is 0 Å². The molecule has 0 unspecified atom stereocenters. The molecule has 3 rings (SSSR count). The van der Waals surface area contributed by atoms with Gasteiger partial charge in [0.15, 0.2) is 0 Å². The van der Waals surface area contributed by atoms with Crippen molar-refractivity contribution in [3.63, 3.8) is 0 Å². The van der Waals surface area contributed by atoms with E-state index >= 15 is 0 Å². The van der Waals surface area contributed by atoms with Gasteiger partial charge in [0.05, 0.1) is 6.54 Å². The lowest BCUT2D eigenvalue weighted by Crippen LogP contribution is -2.16. The fourth-order valence-corrected chi connectivity index (χ4v) is 3.62. The van der Waals surface area contributed by atoms with E-state index in [9.17, 15) is 4.79 Å². The first-order chi connectivity index (χ1) is 11.2. The molecule has 0 aliphatic carbocycles. The van der Waals surface area contributed by atoms with Gasteiger partial charge in [0.25, 0.3) is 5.24 Å². The van der Waals surface area contributed by atoms with Gasteiger partial charge in [-0.2, -0.15) is 0 Å². The maximum Gasteiger partial charge on any atom is 0.284 e. The molecule has 4 heteroatoms. The predicted octanol–water partition coefficient (Wildman–Crippen LogP) is 5.73. The van der Waals surface area contributed by atoms with Crippen LogP contribution in [0.1, 0.15) is 10.4 Å². The van der Waals surface area contributed by atoms with Crippen molar-refractivity contribution in [1.29, 1.82) is 0 Å². The van der Waals surface area contributed by atoms with Crippen LogP contribution in [-0.4, -0.2) is 5.24 Å². The summed E-state index contributed by atoms with van der Waals surface area (Å²) in [6.07, 6.45) is 0. The third-order valence-electron chi connectivity index (χ3n) is 3.49. The number of thiophene rings is 1. The number of hydrogen-bond acceptors (Lipinski definition) is 3. The Balaban J connectivity index is 1.70. The lowest BCUT2D eigenvalue weighted by Gasteiger charge is -2.09. The van der Waals surface area contributed by atoms with Crippen LogP contribution in [0.15, 0.2) is 70.9 Å². The van der Waals surface area contributed by atoms with Crippen LogP contribution in [0, 0.1) is 6.92 Å². The number of hydrogen-bond donors (Lipinski definition) is 1. The van der Waals surface area contributed by atoms with E-state index in [1.54, 1.807) is 11.3 Å². The molecule has 1 amide bonds. The van der Waals surface area contributed by atoms with Crippen molar-refractivity contribution in [3.05, 3.63) is 76.5 Å². The number of thioether (sulfide) groups is 1. The number of nitrogens with one attached hydrogen (secondary N) is 1. The number of amides is 1. The Hall–Kier alpha value is -2.04. The van der Waals surface area contributed by atoms with Crippen molar-refractivity contribution in [1.82, 2.24) is 5.32 Å². The molecule has 0 fully saturated rings. The minimum Gasteiger partial charge on any atom is -0.342 e. The average Bonchev–Trinajstić information content (AvgIpc) is 3.09. The summed E-state index contributed by atoms with van der Waals surface area (Å²) in [4.78, 5) is 14.2. The molecule has 0 saturated carbocycles. The molecule has 0 aliphatic rings. The number of benzene rings is 2. The molecule has 23 heavy (non-hydrogen) atoms. The van der Waals surface area contributed by atoms with Gasteiger partial charge in [-0.1, -0.05) is 42.5 Å². The topological polar surface area (TPSA) is 29.1 Å².